The molecule has 0 spiro atoms. The predicted octanol–water partition coefficient (Wildman–Crippen LogP) is 2.78. The molecule has 0 unspecified atom stereocenters. The SMILES string of the molecule is CCNC(=NCCc1ccc2c(c1)OCO2)N1CCN(c2nc(CC)ns2)CC1.I. The van der Waals surface area contributed by atoms with Gasteiger partial charge in [0, 0.05) is 57.2 Å². The molecule has 3 heterocycles. The van der Waals surface area contributed by atoms with Gasteiger partial charge >= 0.3 is 0 Å². The van der Waals surface area contributed by atoms with Crippen molar-refractivity contribution in [3.8, 4) is 11.5 Å². The number of nitrogens with zero attached hydrogens (tertiary/aromatic N) is 5. The van der Waals surface area contributed by atoms with E-state index in [4.69, 9.17) is 14.5 Å². The van der Waals surface area contributed by atoms with Gasteiger partial charge < -0.3 is 24.6 Å². The minimum absolute atomic E-state index is 0. The second kappa shape index (κ2) is 11.0. The summed E-state index contributed by atoms with van der Waals surface area (Å²) in [4.78, 5) is 14.1. The van der Waals surface area contributed by atoms with Crippen LogP contribution >= 0.6 is 35.5 Å². The average molecular weight is 544 g/mol. The van der Waals surface area contributed by atoms with Gasteiger partial charge in [-0.2, -0.15) is 4.37 Å². The fraction of sp³-hybridized carbons (Fsp3) is 0.550. The molecule has 2 aliphatic heterocycles. The summed E-state index contributed by atoms with van der Waals surface area (Å²) in [5.74, 6) is 3.58. The second-order valence-corrected chi connectivity index (χ2v) is 7.72. The number of rotatable bonds is 6. The van der Waals surface area contributed by atoms with Crippen LogP contribution in [0.3, 0.4) is 0 Å². The van der Waals surface area contributed by atoms with Crippen molar-refractivity contribution in [1.29, 1.82) is 0 Å². The Labute approximate surface area is 198 Å². The maximum atomic E-state index is 5.46. The van der Waals surface area contributed by atoms with Crippen LogP contribution in [0.25, 0.3) is 0 Å². The number of ether oxygens (including phenoxy) is 2. The number of hydrogen-bond acceptors (Lipinski definition) is 7. The molecule has 2 aliphatic rings. The van der Waals surface area contributed by atoms with E-state index in [1.807, 2.05) is 6.07 Å². The first-order valence-electron chi connectivity index (χ1n) is 10.3. The summed E-state index contributed by atoms with van der Waals surface area (Å²) in [6.07, 6.45) is 1.76. The highest BCUT2D eigenvalue weighted by Gasteiger charge is 2.22. The number of nitrogens with one attached hydrogen (secondary N) is 1. The maximum Gasteiger partial charge on any atom is 0.231 e. The second-order valence-electron chi connectivity index (χ2n) is 6.99. The van der Waals surface area contributed by atoms with Gasteiger partial charge in [-0.25, -0.2) is 4.98 Å². The molecule has 1 aromatic heterocycles. The first kappa shape index (κ1) is 22.9. The van der Waals surface area contributed by atoms with Crippen LogP contribution in [-0.4, -0.2) is 66.3 Å². The monoisotopic (exact) mass is 544 g/mol. The van der Waals surface area contributed by atoms with E-state index in [1.165, 1.54) is 17.1 Å². The fourth-order valence-electron chi connectivity index (χ4n) is 3.44. The number of hydrogen-bond donors (Lipinski definition) is 1. The van der Waals surface area contributed by atoms with Crippen LogP contribution in [0, 0.1) is 0 Å². The van der Waals surface area contributed by atoms with Crippen LogP contribution in [0.1, 0.15) is 25.2 Å². The normalized spacial score (nSPS) is 15.9. The lowest BCUT2D eigenvalue weighted by Gasteiger charge is -2.36. The van der Waals surface area contributed by atoms with Gasteiger partial charge in [0.2, 0.25) is 11.9 Å². The van der Waals surface area contributed by atoms with Gasteiger partial charge in [0.15, 0.2) is 17.5 Å². The van der Waals surface area contributed by atoms with Gasteiger partial charge in [-0.05, 0) is 31.0 Å². The largest absolute Gasteiger partial charge is 0.454 e. The number of anilines is 1. The Kier molecular flexibility index (Phi) is 8.37. The highest BCUT2D eigenvalue weighted by atomic mass is 127. The third kappa shape index (κ3) is 5.45. The summed E-state index contributed by atoms with van der Waals surface area (Å²) in [5, 5.41) is 4.47. The van der Waals surface area contributed by atoms with Crippen LogP contribution in [0.15, 0.2) is 23.2 Å². The van der Waals surface area contributed by atoms with Crippen LogP contribution in [-0.2, 0) is 12.8 Å². The minimum atomic E-state index is 0. The van der Waals surface area contributed by atoms with Gasteiger partial charge in [-0.3, -0.25) is 4.99 Å². The summed E-state index contributed by atoms with van der Waals surface area (Å²) < 4.78 is 15.2. The number of piperazine rings is 1. The number of aryl methyl sites for hydroxylation is 1. The summed E-state index contributed by atoms with van der Waals surface area (Å²) >= 11 is 1.50. The number of aliphatic imine (C=N–C) groups is 1. The van der Waals surface area contributed by atoms with Gasteiger partial charge in [0.25, 0.3) is 0 Å². The number of guanidine groups is 1. The molecule has 0 atom stereocenters. The summed E-state index contributed by atoms with van der Waals surface area (Å²) in [6.45, 7) is 9.83. The van der Waals surface area contributed by atoms with Gasteiger partial charge in [-0.15, -0.1) is 24.0 Å². The Morgan fingerprint density at radius 2 is 1.97 bits per heavy atom. The Balaban J connectivity index is 0.00000256. The lowest BCUT2D eigenvalue weighted by atomic mass is 10.1. The molecule has 0 aliphatic carbocycles. The first-order chi connectivity index (χ1) is 14.3. The molecular formula is C20H29IN6O2S. The van der Waals surface area contributed by atoms with E-state index in [2.05, 4.69) is 50.5 Å². The van der Waals surface area contributed by atoms with E-state index < -0.39 is 0 Å². The first-order valence-corrected chi connectivity index (χ1v) is 11.0. The standard InChI is InChI=1S/C20H28N6O2S.HI/c1-3-18-23-20(29-24-18)26-11-9-25(10-12-26)19(21-4-2)22-8-7-15-5-6-16-17(13-15)28-14-27-16;/h5-6,13H,3-4,7-12,14H2,1-2H3,(H,21,22);1H. The third-order valence-corrected chi connectivity index (χ3v) is 5.87. The quantitative estimate of drug-likeness (QED) is 0.341. The molecule has 0 radical (unpaired) electrons. The lowest BCUT2D eigenvalue weighted by molar-refractivity contribution is 0.174. The van der Waals surface area contributed by atoms with Crippen LogP contribution in [0.5, 0.6) is 11.5 Å². The smallest absolute Gasteiger partial charge is 0.231 e. The van der Waals surface area contributed by atoms with Crippen molar-refractivity contribution >= 4 is 46.6 Å². The van der Waals surface area contributed by atoms with E-state index in [1.54, 1.807) is 0 Å². The zero-order chi connectivity index (χ0) is 20.1. The van der Waals surface area contributed by atoms with Gasteiger partial charge in [0.1, 0.15) is 5.82 Å². The van der Waals surface area contributed by atoms with Crippen molar-refractivity contribution in [3.63, 3.8) is 0 Å². The van der Waals surface area contributed by atoms with Crippen molar-refractivity contribution in [1.82, 2.24) is 19.6 Å². The van der Waals surface area contributed by atoms with Crippen LogP contribution in [0.2, 0.25) is 0 Å². The minimum Gasteiger partial charge on any atom is -0.454 e. The molecule has 1 N–H and O–H groups in total. The van der Waals surface area contributed by atoms with Crippen molar-refractivity contribution in [3.05, 3.63) is 29.6 Å². The Hall–Kier alpha value is -1.82. The molecular weight excluding hydrogens is 515 g/mol. The molecule has 30 heavy (non-hydrogen) atoms. The number of aromatic nitrogens is 2. The maximum absolute atomic E-state index is 5.46. The summed E-state index contributed by atoms with van der Waals surface area (Å²) in [5.41, 5.74) is 1.21. The number of fused-ring (bicyclic) bond motifs is 1. The lowest BCUT2D eigenvalue weighted by Crippen LogP contribution is -2.52. The predicted molar refractivity (Wildman–Crippen MR) is 131 cm³/mol. The van der Waals surface area contributed by atoms with Crippen molar-refractivity contribution in [2.24, 2.45) is 4.99 Å². The van der Waals surface area contributed by atoms with Crippen LogP contribution < -0.4 is 19.7 Å². The van der Waals surface area contributed by atoms with E-state index in [9.17, 15) is 0 Å². The highest BCUT2D eigenvalue weighted by molar-refractivity contribution is 14.0. The molecule has 2 aromatic rings. The van der Waals surface area contributed by atoms with E-state index in [0.717, 1.165) is 80.5 Å². The molecule has 0 saturated carbocycles. The Morgan fingerprint density at radius 1 is 1.17 bits per heavy atom. The molecule has 1 saturated heterocycles. The van der Waals surface area contributed by atoms with Crippen molar-refractivity contribution in [2.45, 2.75) is 26.7 Å². The topological polar surface area (TPSA) is 75.1 Å². The molecule has 164 valence electrons. The van der Waals surface area contributed by atoms with Crippen molar-refractivity contribution < 1.29 is 9.47 Å². The third-order valence-electron chi connectivity index (χ3n) is 5.06. The van der Waals surface area contributed by atoms with Gasteiger partial charge in [0.05, 0.1) is 0 Å². The summed E-state index contributed by atoms with van der Waals surface area (Å²) in [7, 11) is 0. The molecule has 0 amide bonds. The zero-order valence-corrected chi connectivity index (χ0v) is 20.6. The Bertz CT molecular complexity index is 854. The average Bonchev–Trinajstić information content (AvgIpc) is 3.42. The van der Waals surface area contributed by atoms with Crippen LogP contribution in [0.4, 0.5) is 5.13 Å². The van der Waals surface area contributed by atoms with E-state index >= 15 is 0 Å². The molecule has 1 aromatic carbocycles. The molecule has 4 rings (SSSR count). The number of halogens is 1. The zero-order valence-electron chi connectivity index (χ0n) is 17.5. The summed E-state index contributed by atoms with van der Waals surface area (Å²) in [6, 6.07) is 6.11. The molecule has 1 fully saturated rings. The molecule has 8 nitrogen and oxygen atoms in total. The van der Waals surface area contributed by atoms with Gasteiger partial charge in [-0.1, -0.05) is 13.0 Å². The molecule has 10 heteroatoms. The number of benzene rings is 1. The fourth-order valence-corrected chi connectivity index (χ4v) is 4.24. The Morgan fingerprint density at radius 3 is 2.70 bits per heavy atom. The van der Waals surface area contributed by atoms with E-state index in [-0.39, 0.29) is 24.0 Å². The van der Waals surface area contributed by atoms with E-state index in [0.29, 0.717) is 6.79 Å². The van der Waals surface area contributed by atoms with Crippen molar-refractivity contribution in [2.75, 3.05) is 51.0 Å². The molecule has 0 bridgehead atoms. The highest BCUT2D eigenvalue weighted by Crippen LogP contribution is 2.32.